The number of fused-ring (bicyclic) bond motifs is 1. The number of benzene rings is 3. The summed E-state index contributed by atoms with van der Waals surface area (Å²) in [6, 6.07) is 23.2. The Morgan fingerprint density at radius 3 is 2.46 bits per heavy atom. The Bertz CT molecular complexity index is 798. The van der Waals surface area contributed by atoms with Crippen LogP contribution in [0.2, 0.25) is 0 Å². The van der Waals surface area contributed by atoms with Gasteiger partial charge >= 0.3 is 0 Å². The number of rotatable bonds is 10. The van der Waals surface area contributed by atoms with Crippen LogP contribution < -0.4 is 10.1 Å². The van der Waals surface area contributed by atoms with Gasteiger partial charge in [0.1, 0.15) is 12.4 Å². The van der Waals surface area contributed by atoms with Crippen molar-refractivity contribution < 1.29 is 4.74 Å². The summed E-state index contributed by atoms with van der Waals surface area (Å²) in [5, 5.41) is 6.15. The third-order valence-electron chi connectivity index (χ3n) is 4.74. The number of hydrogen-bond donors (Lipinski definition) is 1. The van der Waals surface area contributed by atoms with Crippen molar-refractivity contribution in [3.8, 4) is 5.75 Å². The summed E-state index contributed by atoms with van der Waals surface area (Å²) in [7, 11) is 0. The summed E-state index contributed by atoms with van der Waals surface area (Å²) < 4.78 is 6.19. The topological polar surface area (TPSA) is 21.3 Å². The summed E-state index contributed by atoms with van der Waals surface area (Å²) in [4.78, 5) is 0. The first-order chi connectivity index (χ1) is 12.9. The lowest BCUT2D eigenvalue weighted by Gasteiger charge is -2.15. The zero-order valence-corrected chi connectivity index (χ0v) is 15.7. The van der Waals surface area contributed by atoms with Crippen LogP contribution in [0.3, 0.4) is 0 Å². The summed E-state index contributed by atoms with van der Waals surface area (Å²) in [6.07, 6.45) is 5.14. The van der Waals surface area contributed by atoms with Crippen molar-refractivity contribution in [1.82, 2.24) is 5.32 Å². The fraction of sp³-hybridized carbons (Fsp3) is 0.333. The average Bonchev–Trinajstić information content (AvgIpc) is 2.70. The van der Waals surface area contributed by atoms with Gasteiger partial charge in [0.25, 0.3) is 0 Å². The molecule has 3 aromatic rings. The van der Waals surface area contributed by atoms with Crippen LogP contribution in [-0.4, -0.2) is 6.54 Å². The molecule has 0 aliphatic carbocycles. The second kappa shape index (κ2) is 9.98. The normalized spacial score (nSPS) is 11.0. The highest BCUT2D eigenvalue weighted by atomic mass is 16.5. The van der Waals surface area contributed by atoms with Gasteiger partial charge in [0, 0.05) is 12.1 Å². The van der Waals surface area contributed by atoms with Crippen LogP contribution in [0, 0.1) is 0 Å². The van der Waals surface area contributed by atoms with Crippen molar-refractivity contribution in [2.24, 2.45) is 0 Å². The predicted molar refractivity (Wildman–Crippen MR) is 111 cm³/mol. The molecular weight excluding hydrogens is 318 g/mol. The number of nitrogens with one attached hydrogen (secondary N) is 1. The maximum atomic E-state index is 6.19. The van der Waals surface area contributed by atoms with Gasteiger partial charge in [0.05, 0.1) is 0 Å². The van der Waals surface area contributed by atoms with Gasteiger partial charge in [-0.25, -0.2) is 0 Å². The Morgan fingerprint density at radius 2 is 1.62 bits per heavy atom. The molecule has 0 fully saturated rings. The molecule has 136 valence electrons. The number of unbranched alkanes of at least 4 members (excludes halogenated alkanes) is 3. The molecular formula is C24H29NO. The molecule has 0 bridgehead atoms. The minimum atomic E-state index is 0.600. The smallest absolute Gasteiger partial charge is 0.124 e. The highest BCUT2D eigenvalue weighted by Crippen LogP contribution is 2.28. The molecule has 2 nitrogen and oxygen atoms in total. The van der Waals surface area contributed by atoms with Gasteiger partial charge in [-0.05, 0) is 35.4 Å². The third-order valence-corrected chi connectivity index (χ3v) is 4.74. The molecule has 0 aromatic heterocycles. The average molecular weight is 348 g/mol. The summed E-state index contributed by atoms with van der Waals surface area (Å²) in [6.45, 7) is 4.75. The van der Waals surface area contributed by atoms with E-state index >= 15 is 0 Å². The molecule has 3 rings (SSSR count). The van der Waals surface area contributed by atoms with Gasteiger partial charge in [-0.2, -0.15) is 0 Å². The molecule has 0 atom stereocenters. The Labute approximate surface area is 157 Å². The van der Waals surface area contributed by atoms with Gasteiger partial charge in [0.2, 0.25) is 0 Å². The predicted octanol–water partition coefficient (Wildman–Crippen LogP) is 6.09. The van der Waals surface area contributed by atoms with Crippen molar-refractivity contribution >= 4 is 10.8 Å². The molecule has 3 aromatic carbocycles. The van der Waals surface area contributed by atoms with Gasteiger partial charge in [-0.15, -0.1) is 0 Å². The molecule has 0 unspecified atom stereocenters. The van der Waals surface area contributed by atoms with E-state index in [1.54, 1.807) is 0 Å². The van der Waals surface area contributed by atoms with Crippen molar-refractivity contribution in [1.29, 1.82) is 0 Å². The van der Waals surface area contributed by atoms with Crippen LogP contribution in [0.5, 0.6) is 5.75 Å². The van der Waals surface area contributed by atoms with E-state index in [2.05, 4.69) is 72.9 Å². The molecule has 0 spiro atoms. The van der Waals surface area contributed by atoms with Crippen LogP contribution >= 0.6 is 0 Å². The van der Waals surface area contributed by atoms with Crippen molar-refractivity contribution in [3.05, 3.63) is 77.9 Å². The lowest BCUT2D eigenvalue weighted by molar-refractivity contribution is 0.302. The monoisotopic (exact) mass is 347 g/mol. The first-order valence-electron chi connectivity index (χ1n) is 9.76. The summed E-state index contributed by atoms with van der Waals surface area (Å²) in [5.41, 5.74) is 2.45. The fourth-order valence-corrected chi connectivity index (χ4v) is 3.26. The minimum absolute atomic E-state index is 0.600. The maximum absolute atomic E-state index is 6.19. The van der Waals surface area contributed by atoms with Gasteiger partial charge in [-0.3, -0.25) is 0 Å². The summed E-state index contributed by atoms with van der Waals surface area (Å²) in [5.74, 6) is 0.980. The molecule has 0 aliphatic heterocycles. The van der Waals surface area contributed by atoms with E-state index in [9.17, 15) is 0 Å². The number of hydrogen-bond acceptors (Lipinski definition) is 2. The molecule has 26 heavy (non-hydrogen) atoms. The molecule has 2 heteroatoms. The molecule has 0 saturated carbocycles. The highest BCUT2D eigenvalue weighted by molar-refractivity contribution is 5.87. The molecule has 0 heterocycles. The minimum Gasteiger partial charge on any atom is -0.489 e. The van der Waals surface area contributed by atoms with Gasteiger partial charge in [0.15, 0.2) is 0 Å². The van der Waals surface area contributed by atoms with Crippen molar-refractivity contribution in [2.75, 3.05) is 6.54 Å². The van der Waals surface area contributed by atoms with Crippen LogP contribution in [-0.2, 0) is 13.2 Å². The standard InChI is InChI=1S/C24H29NO/c1-2-3-4-10-17-25-18-23-22-14-9-8-13-21(22)15-16-24(23)26-19-20-11-6-5-7-12-20/h5-9,11-16,25H,2-4,10,17-19H2,1H3. The van der Waals surface area contributed by atoms with E-state index in [1.165, 1.54) is 47.6 Å². The first kappa shape index (κ1) is 18.5. The third kappa shape index (κ3) is 5.09. The Balaban J connectivity index is 1.71. The number of ether oxygens (including phenoxy) is 1. The van der Waals surface area contributed by atoms with Crippen LogP contribution in [0.1, 0.15) is 43.7 Å². The Morgan fingerprint density at radius 1 is 0.808 bits per heavy atom. The van der Waals surface area contributed by atoms with Gasteiger partial charge < -0.3 is 10.1 Å². The van der Waals surface area contributed by atoms with E-state index in [1.807, 2.05) is 6.07 Å². The molecule has 0 aliphatic rings. The Kier molecular flexibility index (Phi) is 7.09. The second-order valence-corrected chi connectivity index (χ2v) is 6.78. The SMILES string of the molecule is CCCCCCNCc1c(OCc2ccccc2)ccc2ccccc12. The lowest BCUT2D eigenvalue weighted by atomic mass is 10.0. The van der Waals surface area contributed by atoms with Gasteiger partial charge in [-0.1, -0.05) is 86.8 Å². The fourth-order valence-electron chi connectivity index (χ4n) is 3.26. The molecule has 0 radical (unpaired) electrons. The van der Waals surface area contributed by atoms with E-state index in [0.29, 0.717) is 6.61 Å². The first-order valence-corrected chi connectivity index (χ1v) is 9.76. The largest absolute Gasteiger partial charge is 0.489 e. The van der Waals surface area contributed by atoms with E-state index in [0.717, 1.165) is 18.8 Å². The second-order valence-electron chi connectivity index (χ2n) is 6.78. The molecule has 0 saturated heterocycles. The van der Waals surface area contributed by atoms with Crippen molar-refractivity contribution in [3.63, 3.8) is 0 Å². The highest BCUT2D eigenvalue weighted by Gasteiger charge is 2.09. The van der Waals surface area contributed by atoms with Crippen LogP contribution in [0.25, 0.3) is 10.8 Å². The van der Waals surface area contributed by atoms with Crippen molar-refractivity contribution in [2.45, 2.75) is 45.8 Å². The molecule has 0 amide bonds. The molecule has 1 N–H and O–H groups in total. The van der Waals surface area contributed by atoms with Crippen LogP contribution in [0.15, 0.2) is 66.7 Å². The van der Waals surface area contributed by atoms with E-state index in [4.69, 9.17) is 4.74 Å². The van der Waals surface area contributed by atoms with E-state index in [-0.39, 0.29) is 0 Å². The quantitative estimate of drug-likeness (QED) is 0.448. The Hall–Kier alpha value is -2.32. The van der Waals surface area contributed by atoms with E-state index < -0.39 is 0 Å². The zero-order chi connectivity index (χ0) is 18.0. The zero-order valence-electron chi connectivity index (χ0n) is 15.7. The maximum Gasteiger partial charge on any atom is 0.124 e. The lowest BCUT2D eigenvalue weighted by Crippen LogP contribution is -2.16. The summed E-state index contributed by atoms with van der Waals surface area (Å²) >= 11 is 0. The van der Waals surface area contributed by atoms with Crippen LogP contribution in [0.4, 0.5) is 0 Å².